The van der Waals surface area contributed by atoms with Gasteiger partial charge < -0.3 is 0 Å². The second-order valence-corrected chi connectivity index (χ2v) is 4.69. The van der Waals surface area contributed by atoms with Gasteiger partial charge in [-0.2, -0.15) is 0 Å². The Balaban J connectivity index is 2.47. The highest BCUT2D eigenvalue weighted by atomic mass is 14.2. The molecule has 0 nitrogen and oxygen atoms in total. The molecule has 1 aliphatic rings. The molecule has 1 rings (SSSR count). The third kappa shape index (κ3) is 3.32. The van der Waals surface area contributed by atoms with Crippen LogP contribution in [-0.4, -0.2) is 0 Å². The summed E-state index contributed by atoms with van der Waals surface area (Å²) in [4.78, 5) is 0. The molecule has 0 N–H and O–H groups in total. The lowest BCUT2D eigenvalue weighted by Gasteiger charge is -2.16. The van der Waals surface area contributed by atoms with Gasteiger partial charge in [-0.3, -0.25) is 0 Å². The molecule has 1 aliphatic carbocycles. The quantitative estimate of drug-likeness (QED) is 0.430. The minimum atomic E-state index is 0.921. The summed E-state index contributed by atoms with van der Waals surface area (Å²) >= 11 is 0. The highest BCUT2D eigenvalue weighted by Crippen LogP contribution is 2.35. The van der Waals surface area contributed by atoms with E-state index in [1.54, 1.807) is 11.1 Å². The topological polar surface area (TPSA) is 0 Å². The van der Waals surface area contributed by atoms with E-state index in [4.69, 9.17) is 0 Å². The van der Waals surface area contributed by atoms with Crippen molar-refractivity contribution < 1.29 is 0 Å². The van der Waals surface area contributed by atoms with E-state index in [1.165, 1.54) is 44.9 Å². The van der Waals surface area contributed by atoms with Gasteiger partial charge in [0, 0.05) is 0 Å². The van der Waals surface area contributed by atoms with Crippen LogP contribution in [-0.2, 0) is 0 Å². The number of rotatable bonds is 5. The lowest BCUT2D eigenvalue weighted by molar-refractivity contribution is 0.592. The van der Waals surface area contributed by atoms with Crippen LogP contribution in [0.15, 0.2) is 23.8 Å². The second-order valence-electron chi connectivity index (χ2n) is 4.69. The first-order chi connectivity index (χ1) is 6.75. The van der Waals surface area contributed by atoms with Crippen molar-refractivity contribution in [2.45, 2.75) is 58.8 Å². The molecule has 0 aromatic heterocycles. The van der Waals surface area contributed by atoms with Gasteiger partial charge in [-0.15, -0.1) is 6.58 Å². The maximum Gasteiger partial charge on any atom is -0.0201 e. The number of hydrogen-bond acceptors (Lipinski definition) is 0. The van der Waals surface area contributed by atoms with Crippen LogP contribution < -0.4 is 0 Å². The zero-order valence-corrected chi connectivity index (χ0v) is 9.81. The van der Waals surface area contributed by atoms with Gasteiger partial charge >= 0.3 is 0 Å². The van der Waals surface area contributed by atoms with Crippen molar-refractivity contribution in [3.05, 3.63) is 23.8 Å². The van der Waals surface area contributed by atoms with E-state index in [-0.39, 0.29) is 0 Å². The molecule has 0 spiro atoms. The van der Waals surface area contributed by atoms with Crippen molar-refractivity contribution in [2.24, 2.45) is 5.92 Å². The predicted molar refractivity (Wildman–Crippen MR) is 64.4 cm³/mol. The largest absolute Gasteiger partial charge is 0.103 e. The van der Waals surface area contributed by atoms with E-state index >= 15 is 0 Å². The SMILES string of the molecule is C=CCCCC(=C(C)C)C1CCCC1. The summed E-state index contributed by atoms with van der Waals surface area (Å²) in [5, 5.41) is 0. The fourth-order valence-corrected chi connectivity index (χ4v) is 2.57. The minimum absolute atomic E-state index is 0.921. The number of hydrogen-bond donors (Lipinski definition) is 0. The summed E-state index contributed by atoms with van der Waals surface area (Å²) in [5.74, 6) is 0.921. The van der Waals surface area contributed by atoms with E-state index in [0.717, 1.165) is 5.92 Å². The van der Waals surface area contributed by atoms with Crippen LogP contribution in [0, 0.1) is 5.92 Å². The van der Waals surface area contributed by atoms with E-state index in [9.17, 15) is 0 Å². The third-order valence-electron chi connectivity index (χ3n) is 3.34. The molecule has 14 heavy (non-hydrogen) atoms. The Hall–Kier alpha value is -0.520. The van der Waals surface area contributed by atoms with Crippen LogP contribution in [0.1, 0.15) is 58.8 Å². The zero-order valence-electron chi connectivity index (χ0n) is 9.81. The molecule has 0 heteroatoms. The van der Waals surface area contributed by atoms with Crippen LogP contribution in [0.4, 0.5) is 0 Å². The summed E-state index contributed by atoms with van der Waals surface area (Å²) < 4.78 is 0. The number of unbranched alkanes of at least 4 members (excludes halogenated alkanes) is 1. The Kier molecular flexibility index (Phi) is 5.00. The first-order valence-electron chi connectivity index (χ1n) is 6.03. The van der Waals surface area contributed by atoms with Crippen molar-refractivity contribution in [3.63, 3.8) is 0 Å². The van der Waals surface area contributed by atoms with E-state index < -0.39 is 0 Å². The molecular formula is C14H24. The monoisotopic (exact) mass is 192 g/mol. The summed E-state index contributed by atoms with van der Waals surface area (Å²) in [6, 6.07) is 0. The molecule has 0 unspecified atom stereocenters. The molecule has 0 saturated heterocycles. The molecule has 0 aromatic carbocycles. The average molecular weight is 192 g/mol. The van der Waals surface area contributed by atoms with Crippen molar-refractivity contribution >= 4 is 0 Å². The van der Waals surface area contributed by atoms with Gasteiger partial charge in [-0.25, -0.2) is 0 Å². The first kappa shape index (κ1) is 11.6. The maximum absolute atomic E-state index is 3.78. The predicted octanol–water partition coefficient (Wildman–Crippen LogP) is 4.87. The Morgan fingerprint density at radius 1 is 1.29 bits per heavy atom. The molecule has 0 heterocycles. The third-order valence-corrected chi connectivity index (χ3v) is 3.34. The summed E-state index contributed by atoms with van der Waals surface area (Å²) in [7, 11) is 0. The minimum Gasteiger partial charge on any atom is -0.103 e. The van der Waals surface area contributed by atoms with Crippen molar-refractivity contribution in [1.29, 1.82) is 0 Å². The molecule has 0 radical (unpaired) electrons. The summed E-state index contributed by atoms with van der Waals surface area (Å²) in [6.07, 6.45) is 11.6. The van der Waals surface area contributed by atoms with Crippen LogP contribution >= 0.6 is 0 Å². The fourth-order valence-electron chi connectivity index (χ4n) is 2.57. The Labute approximate surface area is 89.1 Å². The molecule has 80 valence electrons. The molecule has 0 amide bonds. The van der Waals surface area contributed by atoms with Crippen molar-refractivity contribution in [2.75, 3.05) is 0 Å². The molecule has 0 aliphatic heterocycles. The van der Waals surface area contributed by atoms with Crippen LogP contribution in [0.3, 0.4) is 0 Å². The van der Waals surface area contributed by atoms with Gasteiger partial charge in [0.15, 0.2) is 0 Å². The summed E-state index contributed by atoms with van der Waals surface area (Å²) in [6.45, 7) is 8.34. The van der Waals surface area contributed by atoms with Gasteiger partial charge in [0.2, 0.25) is 0 Å². The average Bonchev–Trinajstić information content (AvgIpc) is 2.64. The molecule has 1 saturated carbocycles. The van der Waals surface area contributed by atoms with Crippen molar-refractivity contribution in [1.82, 2.24) is 0 Å². The van der Waals surface area contributed by atoms with Crippen LogP contribution in [0.2, 0.25) is 0 Å². The molecular weight excluding hydrogens is 168 g/mol. The Bertz CT molecular complexity index is 200. The highest BCUT2D eigenvalue weighted by Gasteiger charge is 2.19. The Morgan fingerprint density at radius 3 is 2.43 bits per heavy atom. The summed E-state index contributed by atoms with van der Waals surface area (Å²) in [5.41, 5.74) is 3.32. The van der Waals surface area contributed by atoms with E-state index in [0.29, 0.717) is 0 Å². The normalized spacial score (nSPS) is 17.0. The van der Waals surface area contributed by atoms with Gasteiger partial charge in [0.05, 0.1) is 0 Å². The smallest absolute Gasteiger partial charge is 0.0201 e. The van der Waals surface area contributed by atoms with E-state index in [2.05, 4.69) is 20.4 Å². The van der Waals surface area contributed by atoms with Crippen LogP contribution in [0.5, 0.6) is 0 Å². The first-order valence-corrected chi connectivity index (χ1v) is 6.03. The lowest BCUT2D eigenvalue weighted by Crippen LogP contribution is -2.01. The molecule has 1 fully saturated rings. The standard InChI is InChI=1S/C14H24/c1-4-5-6-11-14(12(2)3)13-9-7-8-10-13/h4,13H,1,5-11H2,2-3H3. The van der Waals surface area contributed by atoms with Gasteiger partial charge in [0.25, 0.3) is 0 Å². The zero-order chi connectivity index (χ0) is 10.4. The Morgan fingerprint density at radius 2 is 1.93 bits per heavy atom. The highest BCUT2D eigenvalue weighted by molar-refractivity contribution is 5.14. The van der Waals surface area contributed by atoms with Gasteiger partial charge in [-0.1, -0.05) is 30.1 Å². The fraction of sp³-hybridized carbons (Fsp3) is 0.714. The second kappa shape index (κ2) is 6.06. The molecule has 0 atom stereocenters. The van der Waals surface area contributed by atoms with E-state index in [1.807, 2.05) is 6.08 Å². The maximum atomic E-state index is 3.78. The number of allylic oxidation sites excluding steroid dienone is 3. The molecule has 0 bridgehead atoms. The molecule has 0 aromatic rings. The van der Waals surface area contributed by atoms with Gasteiger partial charge in [-0.05, 0) is 51.9 Å². The van der Waals surface area contributed by atoms with Crippen LogP contribution in [0.25, 0.3) is 0 Å². The lowest BCUT2D eigenvalue weighted by atomic mass is 9.90. The van der Waals surface area contributed by atoms with Gasteiger partial charge in [0.1, 0.15) is 0 Å². The van der Waals surface area contributed by atoms with Crippen molar-refractivity contribution in [3.8, 4) is 0 Å².